The average Bonchev–Trinajstić information content (AvgIpc) is 2.86. The quantitative estimate of drug-likeness (QED) is 0.358. The fourth-order valence-corrected chi connectivity index (χ4v) is 4.48. The molecule has 3 aromatic carbocycles. The lowest BCUT2D eigenvalue weighted by Crippen LogP contribution is -2.32. The molecular weight excluding hydrogens is 483 g/mol. The highest BCUT2D eigenvalue weighted by Crippen LogP contribution is 2.38. The number of amidine groups is 1. The van der Waals surface area contributed by atoms with Crippen molar-refractivity contribution in [3.8, 4) is 11.1 Å². The molecule has 0 atom stereocenters. The number of aliphatic carboxylic acids is 1. The van der Waals surface area contributed by atoms with Gasteiger partial charge in [0.2, 0.25) is 0 Å². The van der Waals surface area contributed by atoms with Crippen LogP contribution in [0.3, 0.4) is 0 Å². The summed E-state index contributed by atoms with van der Waals surface area (Å²) in [6, 6.07) is 15.6. The molecule has 1 aliphatic rings. The molecular formula is C28H26F3N3O3. The van der Waals surface area contributed by atoms with Gasteiger partial charge < -0.3 is 10.8 Å². The standard InChI is InChI=1S/C28H26F3N3O3/c1-17-4-2-3-5-22(17)23-9-8-20(15-24(23)28(29,30)31)27(37)33-26(32)19-7-6-18-10-12-34(13-11-25(35)36)16-21(18)14-19/h2-9,14-15H,10-13,16H2,1H3,(H,35,36)(H2,32,33,37). The van der Waals surface area contributed by atoms with E-state index in [2.05, 4.69) is 4.99 Å². The molecule has 0 saturated heterocycles. The largest absolute Gasteiger partial charge is 0.481 e. The first-order chi connectivity index (χ1) is 17.5. The molecule has 192 valence electrons. The molecule has 0 spiro atoms. The SMILES string of the molecule is Cc1ccccc1-c1ccc(C(=O)N=C(N)c2ccc3c(c2)CN(CCC(=O)O)CC3)cc1C(F)(F)F. The van der Waals surface area contributed by atoms with E-state index in [0.717, 1.165) is 30.2 Å². The maximum absolute atomic E-state index is 13.9. The second kappa shape index (κ2) is 10.6. The molecule has 0 aliphatic carbocycles. The van der Waals surface area contributed by atoms with Crippen molar-refractivity contribution in [2.75, 3.05) is 13.1 Å². The summed E-state index contributed by atoms with van der Waals surface area (Å²) >= 11 is 0. The number of fused-ring (bicyclic) bond motifs is 1. The number of carbonyl (C=O) groups excluding carboxylic acids is 1. The molecule has 37 heavy (non-hydrogen) atoms. The van der Waals surface area contributed by atoms with E-state index in [1.54, 1.807) is 43.3 Å². The number of hydrogen-bond acceptors (Lipinski definition) is 3. The average molecular weight is 510 g/mol. The first-order valence-corrected chi connectivity index (χ1v) is 11.7. The lowest BCUT2D eigenvalue weighted by Gasteiger charge is -2.28. The molecule has 1 amide bonds. The molecule has 3 N–H and O–H groups in total. The number of halogens is 3. The van der Waals surface area contributed by atoms with E-state index >= 15 is 0 Å². The third-order valence-corrected chi connectivity index (χ3v) is 6.46. The Kier molecular flexibility index (Phi) is 7.45. The van der Waals surface area contributed by atoms with Crippen molar-refractivity contribution in [2.45, 2.75) is 32.5 Å². The maximum atomic E-state index is 13.9. The number of amides is 1. The molecule has 1 heterocycles. The third kappa shape index (κ3) is 6.06. The summed E-state index contributed by atoms with van der Waals surface area (Å²) in [7, 11) is 0. The minimum Gasteiger partial charge on any atom is -0.481 e. The minimum absolute atomic E-state index is 0.0127. The number of carboxylic acids is 1. The van der Waals surface area contributed by atoms with Crippen LogP contribution in [-0.4, -0.2) is 40.8 Å². The van der Waals surface area contributed by atoms with Crippen molar-refractivity contribution in [3.63, 3.8) is 0 Å². The van der Waals surface area contributed by atoms with Gasteiger partial charge in [0.1, 0.15) is 5.84 Å². The van der Waals surface area contributed by atoms with Crippen LogP contribution in [0.25, 0.3) is 11.1 Å². The van der Waals surface area contributed by atoms with Crippen LogP contribution in [0.5, 0.6) is 0 Å². The second-order valence-corrected chi connectivity index (χ2v) is 9.03. The maximum Gasteiger partial charge on any atom is 0.417 e. The lowest BCUT2D eigenvalue weighted by atomic mass is 9.94. The molecule has 0 aromatic heterocycles. The van der Waals surface area contributed by atoms with Gasteiger partial charge in [-0.05, 0) is 59.4 Å². The molecule has 0 fully saturated rings. The van der Waals surface area contributed by atoms with Crippen LogP contribution in [0.4, 0.5) is 13.2 Å². The number of alkyl halides is 3. The normalized spacial score (nSPS) is 14.3. The molecule has 0 saturated carbocycles. The van der Waals surface area contributed by atoms with Crippen molar-refractivity contribution in [2.24, 2.45) is 10.7 Å². The summed E-state index contributed by atoms with van der Waals surface area (Å²) in [4.78, 5) is 29.6. The number of rotatable bonds is 6. The van der Waals surface area contributed by atoms with E-state index in [0.29, 0.717) is 29.8 Å². The van der Waals surface area contributed by atoms with Crippen LogP contribution >= 0.6 is 0 Å². The highest BCUT2D eigenvalue weighted by atomic mass is 19.4. The summed E-state index contributed by atoms with van der Waals surface area (Å²) in [6.45, 7) is 3.42. The minimum atomic E-state index is -4.67. The van der Waals surface area contributed by atoms with Gasteiger partial charge in [0.15, 0.2) is 0 Å². The first-order valence-electron chi connectivity index (χ1n) is 11.7. The number of aryl methyl sites for hydroxylation is 1. The second-order valence-electron chi connectivity index (χ2n) is 9.03. The Hall–Kier alpha value is -3.98. The number of carbonyl (C=O) groups is 2. The number of nitrogens with two attached hydrogens (primary N) is 1. The van der Waals surface area contributed by atoms with Crippen molar-refractivity contribution in [3.05, 3.63) is 94.0 Å². The van der Waals surface area contributed by atoms with Crippen LogP contribution in [0.1, 0.15) is 44.6 Å². The first kappa shape index (κ1) is 26.1. The zero-order valence-electron chi connectivity index (χ0n) is 20.2. The monoisotopic (exact) mass is 509 g/mol. The zero-order valence-corrected chi connectivity index (χ0v) is 20.2. The molecule has 3 aromatic rings. The number of hydrogen-bond donors (Lipinski definition) is 2. The van der Waals surface area contributed by atoms with E-state index in [1.807, 2.05) is 11.0 Å². The molecule has 0 radical (unpaired) electrons. The summed E-state index contributed by atoms with van der Waals surface area (Å²) in [6.07, 6.45) is -3.89. The lowest BCUT2D eigenvalue weighted by molar-refractivity contribution is -0.138. The van der Waals surface area contributed by atoms with Crippen molar-refractivity contribution >= 4 is 17.7 Å². The predicted molar refractivity (Wildman–Crippen MR) is 134 cm³/mol. The van der Waals surface area contributed by atoms with E-state index in [1.165, 1.54) is 12.1 Å². The molecule has 4 rings (SSSR count). The van der Waals surface area contributed by atoms with Crippen molar-refractivity contribution in [1.29, 1.82) is 0 Å². The predicted octanol–water partition coefficient (Wildman–Crippen LogP) is 5.06. The van der Waals surface area contributed by atoms with E-state index in [-0.39, 0.29) is 23.4 Å². The third-order valence-electron chi connectivity index (χ3n) is 6.46. The Bertz CT molecular complexity index is 1380. The van der Waals surface area contributed by atoms with E-state index in [9.17, 15) is 22.8 Å². The Morgan fingerprint density at radius 1 is 1.00 bits per heavy atom. The van der Waals surface area contributed by atoms with Crippen LogP contribution in [0.15, 0.2) is 65.7 Å². The van der Waals surface area contributed by atoms with Gasteiger partial charge in [0.25, 0.3) is 5.91 Å². The number of aliphatic imine (C=N–C) groups is 1. The van der Waals surface area contributed by atoms with Gasteiger partial charge in [0, 0.05) is 30.8 Å². The number of carboxylic acid groups (broad SMARTS) is 1. The molecule has 6 nitrogen and oxygen atoms in total. The van der Waals surface area contributed by atoms with Crippen LogP contribution in [0, 0.1) is 6.92 Å². The van der Waals surface area contributed by atoms with E-state index in [4.69, 9.17) is 10.8 Å². The van der Waals surface area contributed by atoms with Crippen LogP contribution < -0.4 is 5.73 Å². The summed E-state index contributed by atoms with van der Waals surface area (Å²) in [5.74, 6) is -1.85. The molecule has 1 aliphatic heterocycles. The van der Waals surface area contributed by atoms with Gasteiger partial charge in [-0.3, -0.25) is 14.5 Å². The fourth-order valence-electron chi connectivity index (χ4n) is 4.48. The van der Waals surface area contributed by atoms with Crippen molar-refractivity contribution < 1.29 is 27.9 Å². The van der Waals surface area contributed by atoms with Gasteiger partial charge in [0.05, 0.1) is 12.0 Å². The number of benzene rings is 3. The smallest absolute Gasteiger partial charge is 0.417 e. The fraction of sp³-hybridized carbons (Fsp3) is 0.250. The van der Waals surface area contributed by atoms with Gasteiger partial charge >= 0.3 is 12.1 Å². The van der Waals surface area contributed by atoms with Crippen LogP contribution in [0.2, 0.25) is 0 Å². The van der Waals surface area contributed by atoms with Gasteiger partial charge in [-0.1, -0.05) is 42.5 Å². The number of nitrogens with zero attached hydrogens (tertiary/aromatic N) is 2. The van der Waals surface area contributed by atoms with Gasteiger partial charge in [-0.2, -0.15) is 18.2 Å². The topological polar surface area (TPSA) is 96.0 Å². The van der Waals surface area contributed by atoms with E-state index < -0.39 is 23.6 Å². The zero-order chi connectivity index (χ0) is 26.7. The summed E-state index contributed by atoms with van der Waals surface area (Å²) in [5, 5.41) is 8.93. The summed E-state index contributed by atoms with van der Waals surface area (Å²) in [5.41, 5.74) is 8.56. The van der Waals surface area contributed by atoms with Crippen molar-refractivity contribution in [1.82, 2.24) is 4.90 Å². The molecule has 0 bridgehead atoms. The molecule has 0 unspecified atom stereocenters. The Morgan fingerprint density at radius 2 is 1.73 bits per heavy atom. The van der Waals surface area contributed by atoms with Crippen LogP contribution in [-0.2, 0) is 23.9 Å². The Morgan fingerprint density at radius 3 is 2.43 bits per heavy atom. The summed E-state index contributed by atoms with van der Waals surface area (Å²) < 4.78 is 41.8. The Labute approximate surface area is 212 Å². The highest BCUT2D eigenvalue weighted by Gasteiger charge is 2.34. The molecule has 9 heteroatoms. The highest BCUT2D eigenvalue weighted by molar-refractivity contribution is 6.09. The Balaban J connectivity index is 1.60. The van der Waals surface area contributed by atoms with Gasteiger partial charge in [-0.25, -0.2) is 0 Å². The van der Waals surface area contributed by atoms with Gasteiger partial charge in [-0.15, -0.1) is 0 Å².